The molecule has 0 radical (unpaired) electrons. The van der Waals surface area contributed by atoms with Crippen molar-refractivity contribution in [2.24, 2.45) is 11.3 Å². The molecule has 0 saturated carbocycles. The monoisotopic (exact) mass is 180 g/mol. The van der Waals surface area contributed by atoms with E-state index in [4.69, 9.17) is 0 Å². The van der Waals surface area contributed by atoms with Gasteiger partial charge in [-0.3, -0.25) is 0 Å². The largest absolute Gasteiger partial charge is 0.0738 e. The molecule has 0 N–H and O–H groups in total. The Kier molecular flexibility index (Phi) is 3.21. The Morgan fingerprint density at radius 3 is 2.15 bits per heavy atom. The number of allylic oxidation sites excluding steroid dienone is 2. The normalized spacial score (nSPS) is 23.5. The van der Waals surface area contributed by atoms with Crippen LogP contribution in [0.2, 0.25) is 0 Å². The second-order valence-electron chi connectivity index (χ2n) is 5.62. The van der Waals surface area contributed by atoms with E-state index < -0.39 is 0 Å². The third-order valence-electron chi connectivity index (χ3n) is 3.49. The summed E-state index contributed by atoms with van der Waals surface area (Å²) in [7, 11) is 0. The standard InChI is InChI=1S/C13H24/c1-10(2)12-7-9-13(4,5)8-6-11(12)3/h10H,6-9H2,1-5H3. The highest BCUT2D eigenvalue weighted by Gasteiger charge is 2.23. The molecular formula is C13H24. The van der Waals surface area contributed by atoms with Gasteiger partial charge < -0.3 is 0 Å². The second kappa shape index (κ2) is 3.86. The Morgan fingerprint density at radius 1 is 1.08 bits per heavy atom. The van der Waals surface area contributed by atoms with Crippen molar-refractivity contribution in [2.75, 3.05) is 0 Å². The molecule has 1 aliphatic carbocycles. The summed E-state index contributed by atoms with van der Waals surface area (Å²) in [4.78, 5) is 0. The Morgan fingerprint density at radius 2 is 1.62 bits per heavy atom. The first-order valence-corrected chi connectivity index (χ1v) is 5.61. The van der Waals surface area contributed by atoms with Gasteiger partial charge in [-0.2, -0.15) is 0 Å². The van der Waals surface area contributed by atoms with Gasteiger partial charge in [-0.15, -0.1) is 0 Å². The molecule has 0 saturated heterocycles. The molecule has 1 aliphatic rings. The van der Waals surface area contributed by atoms with Crippen LogP contribution in [0.1, 0.15) is 60.3 Å². The van der Waals surface area contributed by atoms with Crippen LogP contribution < -0.4 is 0 Å². The first kappa shape index (κ1) is 10.8. The molecule has 0 aromatic carbocycles. The van der Waals surface area contributed by atoms with Gasteiger partial charge in [0, 0.05) is 0 Å². The third kappa shape index (κ3) is 2.86. The lowest BCUT2D eigenvalue weighted by Gasteiger charge is -2.22. The lowest BCUT2D eigenvalue weighted by atomic mass is 9.84. The van der Waals surface area contributed by atoms with E-state index in [9.17, 15) is 0 Å². The molecule has 13 heavy (non-hydrogen) atoms. The predicted octanol–water partition coefficient (Wildman–Crippen LogP) is 4.56. The summed E-state index contributed by atoms with van der Waals surface area (Å²) < 4.78 is 0. The average Bonchev–Trinajstić information content (AvgIpc) is 2.11. The summed E-state index contributed by atoms with van der Waals surface area (Å²) in [6.07, 6.45) is 5.39. The highest BCUT2D eigenvalue weighted by Crippen LogP contribution is 2.38. The molecule has 0 aromatic heterocycles. The van der Waals surface area contributed by atoms with Crippen molar-refractivity contribution in [1.29, 1.82) is 0 Å². The molecule has 0 bridgehead atoms. The molecule has 0 unspecified atom stereocenters. The molecule has 0 aliphatic heterocycles. The lowest BCUT2D eigenvalue weighted by Crippen LogP contribution is -2.09. The van der Waals surface area contributed by atoms with E-state index >= 15 is 0 Å². The van der Waals surface area contributed by atoms with Crippen molar-refractivity contribution in [1.82, 2.24) is 0 Å². The zero-order valence-corrected chi connectivity index (χ0v) is 9.91. The van der Waals surface area contributed by atoms with E-state index in [1.54, 1.807) is 11.1 Å². The Hall–Kier alpha value is -0.260. The van der Waals surface area contributed by atoms with Crippen LogP contribution in [0.5, 0.6) is 0 Å². The topological polar surface area (TPSA) is 0 Å². The predicted molar refractivity (Wildman–Crippen MR) is 59.8 cm³/mol. The Labute approximate surface area is 83.4 Å². The minimum absolute atomic E-state index is 0.567. The smallest absolute Gasteiger partial charge is 0.0258 e. The van der Waals surface area contributed by atoms with Crippen LogP contribution in [0.3, 0.4) is 0 Å². The summed E-state index contributed by atoms with van der Waals surface area (Å²) in [5.41, 5.74) is 3.96. The molecule has 0 heterocycles. The first-order chi connectivity index (χ1) is 5.92. The van der Waals surface area contributed by atoms with E-state index in [-0.39, 0.29) is 0 Å². The minimum Gasteiger partial charge on any atom is -0.0738 e. The number of hydrogen-bond acceptors (Lipinski definition) is 0. The fourth-order valence-corrected chi connectivity index (χ4v) is 2.28. The van der Waals surface area contributed by atoms with Crippen LogP contribution >= 0.6 is 0 Å². The van der Waals surface area contributed by atoms with Crippen molar-refractivity contribution in [3.8, 4) is 0 Å². The first-order valence-electron chi connectivity index (χ1n) is 5.61. The third-order valence-corrected chi connectivity index (χ3v) is 3.49. The van der Waals surface area contributed by atoms with Gasteiger partial charge in [-0.1, -0.05) is 38.8 Å². The zero-order valence-electron chi connectivity index (χ0n) is 9.91. The summed E-state index contributed by atoms with van der Waals surface area (Å²) in [5.74, 6) is 0.758. The van der Waals surface area contributed by atoms with Crippen molar-refractivity contribution in [2.45, 2.75) is 60.3 Å². The number of hydrogen-bond donors (Lipinski definition) is 0. The van der Waals surface area contributed by atoms with Gasteiger partial charge in [-0.05, 0) is 43.9 Å². The van der Waals surface area contributed by atoms with Gasteiger partial charge in [-0.25, -0.2) is 0 Å². The summed E-state index contributed by atoms with van der Waals surface area (Å²) in [6, 6.07) is 0. The molecule has 0 nitrogen and oxygen atoms in total. The fourth-order valence-electron chi connectivity index (χ4n) is 2.28. The summed E-state index contributed by atoms with van der Waals surface area (Å²) in [6.45, 7) is 11.8. The summed E-state index contributed by atoms with van der Waals surface area (Å²) in [5, 5.41) is 0. The molecule has 1 rings (SSSR count). The Balaban J connectivity index is 2.74. The van der Waals surface area contributed by atoms with Crippen molar-refractivity contribution in [3.05, 3.63) is 11.1 Å². The molecule has 0 spiro atoms. The van der Waals surface area contributed by atoms with E-state index in [0.717, 1.165) is 5.92 Å². The minimum atomic E-state index is 0.567. The van der Waals surface area contributed by atoms with Crippen molar-refractivity contribution < 1.29 is 0 Å². The second-order valence-corrected chi connectivity index (χ2v) is 5.62. The maximum absolute atomic E-state index is 2.41. The van der Waals surface area contributed by atoms with Crippen molar-refractivity contribution in [3.63, 3.8) is 0 Å². The quantitative estimate of drug-likeness (QED) is 0.519. The van der Waals surface area contributed by atoms with Crippen LogP contribution in [-0.2, 0) is 0 Å². The molecule has 0 amide bonds. The van der Waals surface area contributed by atoms with Crippen molar-refractivity contribution >= 4 is 0 Å². The Bertz CT molecular complexity index is 206. The van der Waals surface area contributed by atoms with E-state index in [2.05, 4.69) is 34.6 Å². The van der Waals surface area contributed by atoms with Gasteiger partial charge in [0.15, 0.2) is 0 Å². The van der Waals surface area contributed by atoms with Crippen LogP contribution in [0.15, 0.2) is 11.1 Å². The molecule has 0 atom stereocenters. The zero-order chi connectivity index (χ0) is 10.1. The van der Waals surface area contributed by atoms with Gasteiger partial charge in [0.1, 0.15) is 0 Å². The highest BCUT2D eigenvalue weighted by molar-refractivity contribution is 5.16. The van der Waals surface area contributed by atoms with Crippen LogP contribution in [-0.4, -0.2) is 0 Å². The van der Waals surface area contributed by atoms with Gasteiger partial charge in [0.25, 0.3) is 0 Å². The van der Waals surface area contributed by atoms with E-state index in [1.807, 2.05) is 0 Å². The summed E-state index contributed by atoms with van der Waals surface area (Å²) >= 11 is 0. The molecule has 0 heteroatoms. The van der Waals surface area contributed by atoms with E-state index in [0.29, 0.717) is 5.41 Å². The van der Waals surface area contributed by atoms with Gasteiger partial charge in [0.2, 0.25) is 0 Å². The highest BCUT2D eigenvalue weighted by atomic mass is 14.3. The molecular weight excluding hydrogens is 156 g/mol. The number of rotatable bonds is 1. The lowest BCUT2D eigenvalue weighted by molar-refractivity contribution is 0.315. The van der Waals surface area contributed by atoms with Gasteiger partial charge >= 0.3 is 0 Å². The molecule has 0 fully saturated rings. The SMILES string of the molecule is CC1=C(C(C)C)CCC(C)(C)CC1. The van der Waals surface area contributed by atoms with E-state index in [1.165, 1.54) is 25.7 Å². The molecule has 76 valence electrons. The maximum atomic E-state index is 2.41. The molecule has 0 aromatic rings. The maximum Gasteiger partial charge on any atom is -0.0258 e. The van der Waals surface area contributed by atoms with Crippen LogP contribution in [0, 0.1) is 11.3 Å². The average molecular weight is 180 g/mol. The van der Waals surface area contributed by atoms with Crippen LogP contribution in [0.25, 0.3) is 0 Å². The van der Waals surface area contributed by atoms with Gasteiger partial charge in [0.05, 0.1) is 0 Å². The fraction of sp³-hybridized carbons (Fsp3) is 0.846. The van der Waals surface area contributed by atoms with Crippen LogP contribution in [0.4, 0.5) is 0 Å².